The van der Waals surface area contributed by atoms with Crippen molar-refractivity contribution in [3.8, 4) is 0 Å². The van der Waals surface area contributed by atoms with Crippen LogP contribution in [0.1, 0.15) is 33.8 Å². The Bertz CT molecular complexity index is 1100. The number of nitrogens with zero attached hydrogens (tertiary/aromatic N) is 2. The van der Waals surface area contributed by atoms with Crippen LogP contribution in [0.4, 0.5) is 0 Å². The molecule has 1 aromatic carbocycles. The maximum atomic E-state index is 13.4. The largest absolute Gasteiger partial charge is 0.467 e. The average molecular weight is 473 g/mol. The smallest absolute Gasteiger partial charge is 0.254 e. The van der Waals surface area contributed by atoms with Crippen LogP contribution in [-0.4, -0.2) is 56.1 Å². The maximum Gasteiger partial charge on any atom is 0.254 e. The van der Waals surface area contributed by atoms with Crippen molar-refractivity contribution in [2.24, 2.45) is 0 Å². The Kier molecular flexibility index (Phi) is 7.13. The zero-order valence-electron chi connectivity index (χ0n) is 18.1. The molecule has 0 spiro atoms. The van der Waals surface area contributed by atoms with Gasteiger partial charge in [0, 0.05) is 42.4 Å². The number of hydrogen-bond acceptors (Lipinski definition) is 6. The molecule has 0 bridgehead atoms. The van der Waals surface area contributed by atoms with Crippen molar-refractivity contribution in [2.75, 3.05) is 25.9 Å². The zero-order chi connectivity index (χ0) is 22.6. The third kappa shape index (κ3) is 5.68. The number of carbonyl (C=O) groups excluding carboxylic acids is 1. The molecule has 3 aromatic rings. The summed E-state index contributed by atoms with van der Waals surface area (Å²) in [4.78, 5) is 19.4. The Morgan fingerprint density at radius 1 is 1.12 bits per heavy atom. The van der Waals surface area contributed by atoms with Crippen LogP contribution in [0.25, 0.3) is 0 Å². The van der Waals surface area contributed by atoms with E-state index >= 15 is 0 Å². The maximum absolute atomic E-state index is 13.4. The molecule has 1 aliphatic rings. The van der Waals surface area contributed by atoms with E-state index in [2.05, 4.69) is 22.4 Å². The number of rotatable bonds is 8. The number of furan rings is 1. The molecule has 1 amide bonds. The van der Waals surface area contributed by atoms with Crippen molar-refractivity contribution in [3.63, 3.8) is 0 Å². The van der Waals surface area contributed by atoms with E-state index in [-0.39, 0.29) is 16.8 Å². The first-order valence-electron chi connectivity index (χ1n) is 10.8. The van der Waals surface area contributed by atoms with Gasteiger partial charge in [-0.1, -0.05) is 6.07 Å². The third-order valence-electron chi connectivity index (χ3n) is 5.95. The van der Waals surface area contributed by atoms with Crippen LogP contribution >= 0.6 is 11.3 Å². The molecule has 3 heterocycles. The molecule has 1 fully saturated rings. The van der Waals surface area contributed by atoms with Crippen molar-refractivity contribution in [2.45, 2.75) is 36.7 Å². The number of benzene rings is 1. The lowest BCUT2D eigenvalue weighted by Gasteiger charge is -2.38. The Balaban J connectivity index is 1.44. The lowest BCUT2D eigenvalue weighted by atomic mass is 10.0. The van der Waals surface area contributed by atoms with E-state index in [9.17, 15) is 13.2 Å². The lowest BCUT2D eigenvalue weighted by molar-refractivity contribution is 0.0532. The molecule has 1 aliphatic heterocycles. The monoisotopic (exact) mass is 472 g/mol. The highest BCUT2D eigenvalue weighted by Crippen LogP contribution is 2.23. The van der Waals surface area contributed by atoms with Crippen LogP contribution in [0.2, 0.25) is 0 Å². The summed E-state index contributed by atoms with van der Waals surface area (Å²) in [7, 11) is -3.30. The van der Waals surface area contributed by atoms with Gasteiger partial charge in [0.25, 0.3) is 5.91 Å². The molecule has 0 N–H and O–H groups in total. The van der Waals surface area contributed by atoms with E-state index in [0.717, 1.165) is 44.7 Å². The number of sulfone groups is 1. The first-order chi connectivity index (χ1) is 15.4. The van der Waals surface area contributed by atoms with Gasteiger partial charge in [0.1, 0.15) is 5.76 Å². The molecule has 0 radical (unpaired) electrons. The Morgan fingerprint density at radius 3 is 2.47 bits per heavy atom. The van der Waals surface area contributed by atoms with Crippen molar-refractivity contribution in [1.82, 2.24) is 9.80 Å². The van der Waals surface area contributed by atoms with Crippen LogP contribution in [0.15, 0.2) is 69.5 Å². The predicted molar refractivity (Wildman–Crippen MR) is 126 cm³/mol. The van der Waals surface area contributed by atoms with Crippen LogP contribution < -0.4 is 0 Å². The fraction of sp³-hybridized carbons (Fsp3) is 0.375. The number of carbonyl (C=O) groups is 1. The summed E-state index contributed by atoms with van der Waals surface area (Å²) in [5.74, 6) is 0.643. The molecular weight excluding hydrogens is 444 g/mol. The van der Waals surface area contributed by atoms with Crippen molar-refractivity contribution in [3.05, 3.63) is 76.4 Å². The van der Waals surface area contributed by atoms with Gasteiger partial charge in [-0.05, 0) is 67.1 Å². The number of hydrogen-bond donors (Lipinski definition) is 0. The van der Waals surface area contributed by atoms with E-state index in [0.29, 0.717) is 12.1 Å². The standard InChI is InChI=1S/C24H28N2O4S2/c1-32(28,29)23-8-6-19(7-9-23)24(27)26(18-21-4-2-16-30-21)20-10-13-25(14-11-20)15-12-22-5-3-17-31-22/h2-9,16-17,20H,10-15,18H2,1H3. The summed E-state index contributed by atoms with van der Waals surface area (Å²) in [6.07, 6.45) is 5.64. The highest BCUT2D eigenvalue weighted by molar-refractivity contribution is 7.90. The average Bonchev–Trinajstić information content (AvgIpc) is 3.50. The fourth-order valence-electron chi connectivity index (χ4n) is 4.13. The van der Waals surface area contributed by atoms with E-state index in [1.807, 2.05) is 17.0 Å². The fourth-order valence-corrected chi connectivity index (χ4v) is 5.45. The molecule has 0 atom stereocenters. The Hall–Kier alpha value is -2.42. The second-order valence-corrected chi connectivity index (χ2v) is 11.3. The first kappa shape index (κ1) is 22.8. The molecule has 2 aromatic heterocycles. The Morgan fingerprint density at radius 2 is 1.88 bits per heavy atom. The number of thiophene rings is 1. The van der Waals surface area contributed by atoms with Crippen LogP contribution in [0, 0.1) is 0 Å². The molecule has 4 rings (SSSR count). The summed E-state index contributed by atoms with van der Waals surface area (Å²) in [5, 5.41) is 2.11. The quantitative estimate of drug-likeness (QED) is 0.494. The van der Waals surface area contributed by atoms with E-state index in [1.165, 1.54) is 23.3 Å². The topological polar surface area (TPSA) is 70.8 Å². The van der Waals surface area contributed by atoms with Crippen LogP contribution in [0.5, 0.6) is 0 Å². The molecular formula is C24H28N2O4S2. The number of likely N-dealkylation sites (tertiary alicyclic amines) is 1. The van der Waals surface area contributed by atoms with Gasteiger partial charge in [0.05, 0.1) is 17.7 Å². The van der Waals surface area contributed by atoms with Gasteiger partial charge in [-0.3, -0.25) is 4.79 Å². The second-order valence-electron chi connectivity index (χ2n) is 8.21. The molecule has 6 nitrogen and oxygen atoms in total. The van der Waals surface area contributed by atoms with Gasteiger partial charge in [0.2, 0.25) is 0 Å². The van der Waals surface area contributed by atoms with Gasteiger partial charge in [-0.15, -0.1) is 11.3 Å². The Labute approximate surface area is 193 Å². The lowest BCUT2D eigenvalue weighted by Crippen LogP contribution is -2.47. The van der Waals surface area contributed by atoms with Crippen molar-refractivity contribution < 1.29 is 17.6 Å². The molecule has 0 saturated carbocycles. The van der Waals surface area contributed by atoms with Crippen molar-refractivity contribution in [1.29, 1.82) is 0 Å². The molecule has 1 saturated heterocycles. The van der Waals surface area contributed by atoms with Gasteiger partial charge in [-0.25, -0.2) is 8.42 Å². The highest BCUT2D eigenvalue weighted by Gasteiger charge is 2.29. The van der Waals surface area contributed by atoms with Gasteiger partial charge < -0.3 is 14.2 Å². The minimum absolute atomic E-state index is 0.0986. The zero-order valence-corrected chi connectivity index (χ0v) is 19.8. The molecule has 0 aliphatic carbocycles. The molecule has 0 unspecified atom stereocenters. The second kappa shape index (κ2) is 10.0. The van der Waals surface area contributed by atoms with Gasteiger partial charge in [-0.2, -0.15) is 0 Å². The van der Waals surface area contributed by atoms with Crippen LogP contribution in [0.3, 0.4) is 0 Å². The van der Waals surface area contributed by atoms with E-state index in [1.54, 1.807) is 29.7 Å². The number of piperidine rings is 1. The normalized spacial score (nSPS) is 15.7. The summed E-state index contributed by atoms with van der Waals surface area (Å²) >= 11 is 1.80. The van der Waals surface area contributed by atoms with Gasteiger partial charge >= 0.3 is 0 Å². The summed E-state index contributed by atoms with van der Waals surface area (Å²) in [6, 6.07) is 14.3. The van der Waals surface area contributed by atoms with Crippen molar-refractivity contribution >= 4 is 27.1 Å². The van der Waals surface area contributed by atoms with E-state index < -0.39 is 9.84 Å². The molecule has 170 valence electrons. The minimum atomic E-state index is -3.30. The summed E-state index contributed by atoms with van der Waals surface area (Å²) in [5.41, 5.74) is 0.490. The third-order valence-corrected chi connectivity index (χ3v) is 8.01. The van der Waals surface area contributed by atoms with Gasteiger partial charge in [0.15, 0.2) is 9.84 Å². The van der Waals surface area contributed by atoms with Crippen LogP contribution in [-0.2, 0) is 22.8 Å². The number of amides is 1. The SMILES string of the molecule is CS(=O)(=O)c1ccc(C(=O)N(Cc2ccco2)C2CCN(CCc3cccs3)CC2)cc1. The highest BCUT2D eigenvalue weighted by atomic mass is 32.2. The predicted octanol–water partition coefficient (Wildman–Crippen LogP) is 4.09. The molecule has 32 heavy (non-hydrogen) atoms. The van der Waals surface area contributed by atoms with E-state index in [4.69, 9.17) is 4.42 Å². The molecule has 8 heteroatoms. The minimum Gasteiger partial charge on any atom is -0.467 e. The summed E-state index contributed by atoms with van der Waals surface area (Å²) in [6.45, 7) is 3.34. The first-order valence-corrected chi connectivity index (χ1v) is 13.6. The summed E-state index contributed by atoms with van der Waals surface area (Å²) < 4.78 is 29.0.